The monoisotopic (exact) mass is 289 g/mol. The predicted molar refractivity (Wildman–Crippen MR) is 81.8 cm³/mol. The van der Waals surface area contributed by atoms with Crippen LogP contribution in [-0.4, -0.2) is 24.5 Å². The molecule has 4 heteroatoms. The van der Waals surface area contributed by atoms with E-state index in [9.17, 15) is 9.90 Å². The fourth-order valence-corrected chi connectivity index (χ4v) is 2.10. The van der Waals surface area contributed by atoms with Gasteiger partial charge in [-0.05, 0) is 36.4 Å². The summed E-state index contributed by atoms with van der Waals surface area (Å²) in [4.78, 5) is 14.0. The number of ketones is 1. The maximum absolute atomic E-state index is 12.1. The number of phenolic OH excluding ortho intramolecular Hbond substituents is 1. The Kier molecular flexibility index (Phi) is 4.64. The molecule has 0 aromatic heterocycles. The van der Waals surface area contributed by atoms with Gasteiger partial charge in [0, 0.05) is 36.3 Å². The zero-order valence-corrected chi connectivity index (χ0v) is 12.0. The van der Waals surface area contributed by atoms with E-state index in [0.717, 1.165) is 5.69 Å². The lowest BCUT2D eigenvalue weighted by Crippen LogP contribution is -2.21. The summed E-state index contributed by atoms with van der Waals surface area (Å²) in [6.45, 7) is 0.607. The van der Waals surface area contributed by atoms with E-state index in [2.05, 4.69) is 0 Å². The molecule has 0 aliphatic carbocycles. The molecule has 0 atom stereocenters. The number of halogens is 1. The lowest BCUT2D eigenvalue weighted by molar-refractivity contribution is 0.0985. The van der Waals surface area contributed by atoms with Crippen molar-refractivity contribution in [1.82, 2.24) is 0 Å². The van der Waals surface area contributed by atoms with Crippen molar-refractivity contribution in [2.75, 3.05) is 18.5 Å². The summed E-state index contributed by atoms with van der Waals surface area (Å²) in [6, 6.07) is 13.9. The van der Waals surface area contributed by atoms with Crippen LogP contribution in [0.4, 0.5) is 5.69 Å². The van der Waals surface area contributed by atoms with Crippen LogP contribution < -0.4 is 4.90 Å². The predicted octanol–water partition coefficient (Wildman–Crippen LogP) is 3.75. The van der Waals surface area contributed by atoms with Crippen molar-refractivity contribution in [1.29, 1.82) is 0 Å². The van der Waals surface area contributed by atoms with E-state index in [0.29, 0.717) is 23.6 Å². The first-order valence-electron chi connectivity index (χ1n) is 6.35. The van der Waals surface area contributed by atoms with Gasteiger partial charge in [-0.1, -0.05) is 23.7 Å². The highest BCUT2D eigenvalue weighted by molar-refractivity contribution is 6.31. The molecule has 0 heterocycles. The maximum Gasteiger partial charge on any atom is 0.164 e. The zero-order valence-electron chi connectivity index (χ0n) is 11.2. The van der Waals surface area contributed by atoms with Gasteiger partial charge in [0.1, 0.15) is 5.75 Å². The lowest BCUT2D eigenvalue weighted by atomic mass is 10.1. The SMILES string of the molecule is CN(CCC(=O)c1cccc(Cl)c1)c1ccc(O)cc1. The van der Waals surface area contributed by atoms with E-state index >= 15 is 0 Å². The highest BCUT2D eigenvalue weighted by Crippen LogP contribution is 2.18. The Balaban J connectivity index is 1.94. The van der Waals surface area contributed by atoms with Crippen LogP contribution in [0.2, 0.25) is 5.02 Å². The average Bonchev–Trinajstić information content (AvgIpc) is 2.45. The molecule has 1 N–H and O–H groups in total. The number of hydrogen-bond donors (Lipinski definition) is 1. The largest absolute Gasteiger partial charge is 0.508 e. The standard InChI is InChI=1S/C16H16ClNO2/c1-18(14-5-7-15(19)8-6-14)10-9-16(20)12-3-2-4-13(17)11-12/h2-8,11,19H,9-10H2,1H3. The first-order valence-corrected chi connectivity index (χ1v) is 6.73. The number of nitrogens with zero attached hydrogens (tertiary/aromatic N) is 1. The molecular weight excluding hydrogens is 274 g/mol. The van der Waals surface area contributed by atoms with Crippen molar-refractivity contribution in [3.05, 3.63) is 59.1 Å². The molecule has 2 aromatic rings. The molecule has 0 fully saturated rings. The second kappa shape index (κ2) is 6.44. The number of phenols is 1. The van der Waals surface area contributed by atoms with E-state index in [1.54, 1.807) is 36.4 Å². The van der Waals surface area contributed by atoms with Crippen molar-refractivity contribution in [2.45, 2.75) is 6.42 Å². The zero-order chi connectivity index (χ0) is 14.5. The Morgan fingerprint density at radius 3 is 2.55 bits per heavy atom. The van der Waals surface area contributed by atoms with Gasteiger partial charge in [0.25, 0.3) is 0 Å². The summed E-state index contributed by atoms with van der Waals surface area (Å²) in [5, 5.41) is 9.82. The van der Waals surface area contributed by atoms with Gasteiger partial charge in [-0.15, -0.1) is 0 Å². The van der Waals surface area contributed by atoms with E-state index in [1.807, 2.05) is 24.1 Å². The fraction of sp³-hybridized carbons (Fsp3) is 0.188. The van der Waals surface area contributed by atoms with Crippen LogP contribution in [0.5, 0.6) is 5.75 Å². The molecule has 20 heavy (non-hydrogen) atoms. The molecule has 0 bridgehead atoms. The summed E-state index contributed by atoms with van der Waals surface area (Å²) in [5.41, 5.74) is 1.60. The van der Waals surface area contributed by atoms with Gasteiger partial charge in [-0.25, -0.2) is 0 Å². The minimum Gasteiger partial charge on any atom is -0.508 e. The number of aromatic hydroxyl groups is 1. The van der Waals surface area contributed by atoms with Gasteiger partial charge in [0.2, 0.25) is 0 Å². The van der Waals surface area contributed by atoms with Crippen molar-refractivity contribution in [3.8, 4) is 5.75 Å². The number of rotatable bonds is 5. The van der Waals surface area contributed by atoms with Crippen LogP contribution in [0, 0.1) is 0 Å². The van der Waals surface area contributed by atoms with Crippen LogP contribution in [0.1, 0.15) is 16.8 Å². The Hall–Kier alpha value is -2.00. The van der Waals surface area contributed by atoms with Gasteiger partial charge >= 0.3 is 0 Å². The summed E-state index contributed by atoms with van der Waals surface area (Å²) < 4.78 is 0. The van der Waals surface area contributed by atoms with Gasteiger partial charge in [-0.3, -0.25) is 4.79 Å². The van der Waals surface area contributed by atoms with E-state index < -0.39 is 0 Å². The number of carbonyl (C=O) groups excluding carboxylic acids is 1. The third kappa shape index (κ3) is 3.75. The Labute approximate surface area is 123 Å². The van der Waals surface area contributed by atoms with Crippen molar-refractivity contribution >= 4 is 23.1 Å². The Morgan fingerprint density at radius 2 is 1.90 bits per heavy atom. The molecule has 0 spiro atoms. The number of Topliss-reactive ketones (excluding diaryl/α,β-unsaturated/α-hetero) is 1. The summed E-state index contributed by atoms with van der Waals surface area (Å²) in [7, 11) is 1.91. The van der Waals surface area contributed by atoms with Gasteiger partial charge in [-0.2, -0.15) is 0 Å². The smallest absolute Gasteiger partial charge is 0.164 e. The first kappa shape index (κ1) is 14.4. The van der Waals surface area contributed by atoms with Crippen molar-refractivity contribution in [3.63, 3.8) is 0 Å². The van der Waals surface area contributed by atoms with Gasteiger partial charge in [0.05, 0.1) is 0 Å². The van der Waals surface area contributed by atoms with Crippen LogP contribution in [-0.2, 0) is 0 Å². The summed E-state index contributed by atoms with van der Waals surface area (Å²) in [6.07, 6.45) is 0.414. The van der Waals surface area contributed by atoms with Crippen LogP contribution in [0.25, 0.3) is 0 Å². The molecular formula is C16H16ClNO2. The Bertz CT molecular complexity index is 596. The minimum absolute atomic E-state index is 0.0677. The molecule has 0 saturated carbocycles. The molecule has 104 valence electrons. The number of hydrogen-bond acceptors (Lipinski definition) is 3. The van der Waals surface area contributed by atoms with E-state index in [1.165, 1.54) is 0 Å². The van der Waals surface area contributed by atoms with Crippen LogP contribution in [0.3, 0.4) is 0 Å². The van der Waals surface area contributed by atoms with Gasteiger partial charge < -0.3 is 10.0 Å². The second-order valence-electron chi connectivity index (χ2n) is 4.62. The first-order chi connectivity index (χ1) is 9.56. The van der Waals surface area contributed by atoms with Crippen LogP contribution in [0.15, 0.2) is 48.5 Å². The van der Waals surface area contributed by atoms with E-state index in [-0.39, 0.29) is 11.5 Å². The highest BCUT2D eigenvalue weighted by atomic mass is 35.5. The summed E-state index contributed by atoms with van der Waals surface area (Å²) >= 11 is 5.88. The molecule has 0 amide bonds. The van der Waals surface area contributed by atoms with Crippen molar-refractivity contribution in [2.24, 2.45) is 0 Å². The Morgan fingerprint density at radius 1 is 1.20 bits per heavy atom. The highest BCUT2D eigenvalue weighted by Gasteiger charge is 2.08. The minimum atomic E-state index is 0.0677. The quantitative estimate of drug-likeness (QED) is 0.852. The number of carbonyl (C=O) groups is 1. The molecule has 0 saturated heterocycles. The third-order valence-corrected chi connectivity index (χ3v) is 3.35. The maximum atomic E-state index is 12.1. The van der Waals surface area contributed by atoms with Gasteiger partial charge in [0.15, 0.2) is 5.78 Å². The molecule has 3 nitrogen and oxygen atoms in total. The second-order valence-corrected chi connectivity index (χ2v) is 5.06. The lowest BCUT2D eigenvalue weighted by Gasteiger charge is -2.18. The normalized spacial score (nSPS) is 10.3. The topological polar surface area (TPSA) is 40.5 Å². The summed E-state index contributed by atoms with van der Waals surface area (Å²) in [5.74, 6) is 0.301. The molecule has 2 aromatic carbocycles. The molecule has 0 radical (unpaired) electrons. The molecule has 0 aliphatic heterocycles. The average molecular weight is 290 g/mol. The molecule has 0 unspecified atom stereocenters. The molecule has 2 rings (SSSR count). The number of benzene rings is 2. The molecule has 0 aliphatic rings. The third-order valence-electron chi connectivity index (χ3n) is 3.11. The number of anilines is 1. The van der Waals surface area contributed by atoms with Crippen LogP contribution >= 0.6 is 11.6 Å². The van der Waals surface area contributed by atoms with Crippen molar-refractivity contribution < 1.29 is 9.90 Å². The fourth-order valence-electron chi connectivity index (χ4n) is 1.91. The van der Waals surface area contributed by atoms with E-state index in [4.69, 9.17) is 11.6 Å².